The second-order valence-electron chi connectivity index (χ2n) is 7.74. The molecule has 1 heterocycles. The number of halogens is 1. The van der Waals surface area contributed by atoms with Gasteiger partial charge in [-0.25, -0.2) is 4.79 Å². The van der Waals surface area contributed by atoms with E-state index in [0.717, 1.165) is 27.8 Å². The van der Waals surface area contributed by atoms with Crippen LogP contribution in [0.5, 0.6) is 11.5 Å². The van der Waals surface area contributed by atoms with E-state index < -0.39 is 29.6 Å². The Labute approximate surface area is 226 Å². The smallest absolute Gasteiger partial charge is 0.344 e. The lowest BCUT2D eigenvalue weighted by atomic mass is 10.1. The van der Waals surface area contributed by atoms with Crippen LogP contribution < -0.4 is 14.8 Å². The summed E-state index contributed by atoms with van der Waals surface area (Å²) in [5.41, 5.74) is 3.29. The van der Waals surface area contributed by atoms with Gasteiger partial charge in [0.15, 0.2) is 18.1 Å². The Morgan fingerprint density at radius 1 is 1.14 bits per heavy atom. The van der Waals surface area contributed by atoms with Crippen LogP contribution in [0.2, 0.25) is 0 Å². The fraction of sp³-hybridized carbons (Fsp3) is 0.280. The van der Waals surface area contributed by atoms with Crippen LogP contribution in [0.3, 0.4) is 0 Å². The van der Waals surface area contributed by atoms with E-state index >= 15 is 0 Å². The molecule has 0 atom stereocenters. The first-order valence-corrected chi connectivity index (χ1v) is 12.8. The third-order valence-electron chi connectivity index (χ3n) is 5.16. The van der Waals surface area contributed by atoms with Crippen molar-refractivity contribution in [3.63, 3.8) is 0 Å². The van der Waals surface area contributed by atoms with Crippen LogP contribution in [0.1, 0.15) is 23.6 Å². The number of esters is 1. The van der Waals surface area contributed by atoms with Crippen LogP contribution in [0.15, 0.2) is 35.2 Å². The van der Waals surface area contributed by atoms with Crippen molar-refractivity contribution in [1.82, 2.24) is 4.90 Å². The first-order valence-electron chi connectivity index (χ1n) is 10.9. The predicted octanol–water partition coefficient (Wildman–Crippen LogP) is 4.53. The molecule has 0 aromatic heterocycles. The number of amides is 3. The molecule has 1 aliphatic rings. The van der Waals surface area contributed by atoms with E-state index in [1.807, 2.05) is 48.6 Å². The number of aryl methyl sites for hydroxylation is 2. The van der Waals surface area contributed by atoms with Gasteiger partial charge >= 0.3 is 5.97 Å². The number of nitrogens with one attached hydrogen (secondary N) is 1. The van der Waals surface area contributed by atoms with Crippen molar-refractivity contribution < 1.29 is 33.4 Å². The van der Waals surface area contributed by atoms with Crippen molar-refractivity contribution in [3.8, 4) is 11.5 Å². The number of thioether (sulfide) groups is 1. The Kier molecular flexibility index (Phi) is 9.37. The van der Waals surface area contributed by atoms with Crippen LogP contribution in [-0.2, 0) is 19.1 Å². The molecule has 1 fully saturated rings. The van der Waals surface area contributed by atoms with E-state index in [0.29, 0.717) is 26.3 Å². The van der Waals surface area contributed by atoms with Gasteiger partial charge in [-0.1, -0.05) is 6.07 Å². The van der Waals surface area contributed by atoms with E-state index in [4.69, 9.17) is 14.2 Å². The molecule has 9 nitrogen and oxygen atoms in total. The summed E-state index contributed by atoms with van der Waals surface area (Å²) in [5.74, 6) is -0.823. The van der Waals surface area contributed by atoms with Gasteiger partial charge < -0.3 is 19.5 Å². The quantitative estimate of drug-likeness (QED) is 0.246. The maximum Gasteiger partial charge on any atom is 0.344 e. The molecule has 2 aromatic carbocycles. The highest BCUT2D eigenvalue weighted by molar-refractivity contribution is 14.1. The lowest BCUT2D eigenvalue weighted by molar-refractivity contribution is -0.145. The Morgan fingerprint density at radius 2 is 1.89 bits per heavy atom. The summed E-state index contributed by atoms with van der Waals surface area (Å²) in [4.78, 5) is 50.6. The molecule has 0 saturated carbocycles. The lowest BCUT2D eigenvalue weighted by Gasteiger charge is -2.14. The second-order valence-corrected chi connectivity index (χ2v) is 9.90. The van der Waals surface area contributed by atoms with Crippen molar-refractivity contribution in [1.29, 1.82) is 0 Å². The van der Waals surface area contributed by atoms with E-state index in [9.17, 15) is 19.2 Å². The minimum atomic E-state index is -0.558. The van der Waals surface area contributed by atoms with E-state index in [2.05, 4.69) is 5.32 Å². The zero-order valence-electron chi connectivity index (χ0n) is 20.2. The van der Waals surface area contributed by atoms with Gasteiger partial charge in [0.2, 0.25) is 5.91 Å². The van der Waals surface area contributed by atoms with Gasteiger partial charge in [0.05, 0.1) is 22.2 Å². The number of hydrogen-bond acceptors (Lipinski definition) is 8. The van der Waals surface area contributed by atoms with Gasteiger partial charge in [-0.15, -0.1) is 0 Å². The minimum absolute atomic E-state index is 0.178. The van der Waals surface area contributed by atoms with E-state index in [-0.39, 0.29) is 18.1 Å². The molecule has 2 aromatic rings. The number of imide groups is 1. The summed E-state index contributed by atoms with van der Waals surface area (Å²) in [5, 5.41) is 2.19. The van der Waals surface area contributed by atoms with Gasteiger partial charge in [-0.2, -0.15) is 0 Å². The number of rotatable bonds is 9. The number of ether oxygens (including phenoxy) is 3. The Bertz CT molecular complexity index is 1250. The molecule has 11 heteroatoms. The number of benzene rings is 2. The largest absolute Gasteiger partial charge is 0.493 e. The monoisotopic (exact) mass is 624 g/mol. The van der Waals surface area contributed by atoms with Crippen LogP contribution in [-0.4, -0.2) is 54.8 Å². The average Bonchev–Trinajstić information content (AvgIpc) is 3.07. The molecule has 1 aliphatic heterocycles. The number of hydrogen-bond donors (Lipinski definition) is 1. The summed E-state index contributed by atoms with van der Waals surface area (Å²) in [6, 6.07) is 8.84. The van der Waals surface area contributed by atoms with Crippen molar-refractivity contribution in [2.24, 2.45) is 0 Å². The molecule has 0 spiro atoms. The number of carbonyl (C=O) groups excluding carboxylic acids is 4. The van der Waals surface area contributed by atoms with Crippen LogP contribution >= 0.6 is 34.4 Å². The molecule has 1 saturated heterocycles. The molecule has 3 amide bonds. The zero-order valence-corrected chi connectivity index (χ0v) is 23.2. The van der Waals surface area contributed by atoms with Gasteiger partial charge in [0.1, 0.15) is 6.54 Å². The fourth-order valence-electron chi connectivity index (χ4n) is 3.25. The lowest BCUT2D eigenvalue weighted by Crippen LogP contribution is -2.36. The van der Waals surface area contributed by atoms with E-state index in [1.165, 1.54) is 7.11 Å². The van der Waals surface area contributed by atoms with Gasteiger partial charge in [0.25, 0.3) is 11.1 Å². The first-order chi connectivity index (χ1) is 17.1. The summed E-state index contributed by atoms with van der Waals surface area (Å²) in [7, 11) is 1.45. The highest BCUT2D eigenvalue weighted by Crippen LogP contribution is 2.37. The molecule has 36 heavy (non-hydrogen) atoms. The molecule has 190 valence electrons. The number of methoxy groups -OCH3 is 1. The van der Waals surface area contributed by atoms with Crippen molar-refractivity contribution >= 4 is 69.1 Å². The maximum atomic E-state index is 12.9. The summed E-state index contributed by atoms with van der Waals surface area (Å²) in [6.45, 7) is 5.18. The van der Waals surface area contributed by atoms with Crippen LogP contribution in [0, 0.1) is 17.4 Å². The molecule has 0 bridgehead atoms. The summed E-state index contributed by atoms with van der Waals surface area (Å²) >= 11 is 2.78. The minimum Gasteiger partial charge on any atom is -0.493 e. The van der Waals surface area contributed by atoms with Gasteiger partial charge in [-0.3, -0.25) is 19.3 Å². The zero-order chi connectivity index (χ0) is 26.4. The van der Waals surface area contributed by atoms with E-state index in [1.54, 1.807) is 31.2 Å². The fourth-order valence-corrected chi connectivity index (χ4v) is 4.87. The third kappa shape index (κ3) is 6.78. The Hall–Kier alpha value is -3.06. The summed E-state index contributed by atoms with van der Waals surface area (Å²) < 4.78 is 16.4. The Balaban J connectivity index is 1.72. The molecule has 0 unspecified atom stereocenters. The topological polar surface area (TPSA) is 111 Å². The standard InChI is InChI=1S/C25H25IN2O7S/c1-5-34-22(30)13-35-23-18(26)9-16(10-19(23)33-4)11-20-24(31)28(25(32)36-20)12-21(29)27-17-7-6-14(2)15(3)8-17/h6-11H,5,12-13H2,1-4H3,(H,27,29)/b20-11+. The Morgan fingerprint density at radius 3 is 2.56 bits per heavy atom. The molecule has 0 radical (unpaired) electrons. The molecular weight excluding hydrogens is 599 g/mol. The van der Waals surface area contributed by atoms with Crippen LogP contribution in [0.25, 0.3) is 6.08 Å². The van der Waals surface area contributed by atoms with Gasteiger partial charge in [0, 0.05) is 5.69 Å². The molecule has 0 aliphatic carbocycles. The van der Waals surface area contributed by atoms with Crippen LogP contribution in [0.4, 0.5) is 10.5 Å². The number of nitrogens with zero attached hydrogens (tertiary/aromatic N) is 1. The van der Waals surface area contributed by atoms with Gasteiger partial charge in [-0.05, 0) is 102 Å². The number of anilines is 1. The normalized spacial score (nSPS) is 14.2. The highest BCUT2D eigenvalue weighted by Gasteiger charge is 2.36. The van der Waals surface area contributed by atoms with Crippen molar-refractivity contribution in [2.45, 2.75) is 20.8 Å². The average molecular weight is 624 g/mol. The third-order valence-corrected chi connectivity index (χ3v) is 6.86. The molecular formula is C25H25IN2O7S. The van der Waals surface area contributed by atoms with Crippen molar-refractivity contribution in [2.75, 3.05) is 32.2 Å². The second kappa shape index (κ2) is 12.3. The molecule has 3 rings (SSSR count). The maximum absolute atomic E-state index is 12.9. The highest BCUT2D eigenvalue weighted by atomic mass is 127. The first kappa shape index (κ1) is 27.5. The number of carbonyl (C=O) groups is 4. The molecule has 1 N–H and O–H groups in total. The SMILES string of the molecule is CCOC(=O)COc1c(I)cc(/C=C2/SC(=O)N(CC(=O)Nc3ccc(C)c(C)c3)C2=O)cc1OC. The summed E-state index contributed by atoms with van der Waals surface area (Å²) in [6.07, 6.45) is 1.55. The predicted molar refractivity (Wildman–Crippen MR) is 145 cm³/mol. The van der Waals surface area contributed by atoms with Crippen molar-refractivity contribution in [3.05, 3.63) is 55.5 Å².